The van der Waals surface area contributed by atoms with E-state index in [0.717, 1.165) is 6.42 Å². The molecule has 0 spiro atoms. The van der Waals surface area contributed by atoms with Gasteiger partial charge in [0, 0.05) is 6.04 Å². The number of hydrogen-bond acceptors (Lipinski definition) is 3. The third kappa shape index (κ3) is 2.69. The number of carbonyl (C=O) groups excluding carboxylic acids is 1. The van der Waals surface area contributed by atoms with E-state index in [9.17, 15) is 4.79 Å². The van der Waals surface area contributed by atoms with Crippen LogP contribution < -0.4 is 5.32 Å². The summed E-state index contributed by atoms with van der Waals surface area (Å²) in [6.07, 6.45) is 1.05. The molecule has 1 rings (SSSR count). The van der Waals surface area contributed by atoms with Crippen molar-refractivity contribution in [1.29, 1.82) is 0 Å². The van der Waals surface area contributed by atoms with Gasteiger partial charge in [0.15, 0.2) is 0 Å². The normalized spacial score (nSPS) is 27.5. The van der Waals surface area contributed by atoms with Crippen molar-refractivity contribution < 1.29 is 9.53 Å². The smallest absolute Gasteiger partial charge is 0.325 e. The molecule has 1 atom stereocenters. The third-order valence-corrected chi connectivity index (χ3v) is 2.25. The number of rotatable bonds is 2. The minimum atomic E-state index is -0.516. The van der Waals surface area contributed by atoms with E-state index in [1.807, 2.05) is 13.8 Å². The van der Waals surface area contributed by atoms with Crippen LogP contribution in [0.1, 0.15) is 34.1 Å². The number of morpholine rings is 1. The average molecular weight is 185 g/mol. The molecule has 1 fully saturated rings. The molecule has 0 amide bonds. The number of ether oxygens (including phenoxy) is 1. The summed E-state index contributed by atoms with van der Waals surface area (Å²) in [6, 6.07) is 0.313. The van der Waals surface area contributed by atoms with Crippen LogP contribution in [0.3, 0.4) is 0 Å². The quantitative estimate of drug-likeness (QED) is 0.659. The fourth-order valence-corrected chi connectivity index (χ4v) is 1.66. The molecular formula is C10H19NO2. The van der Waals surface area contributed by atoms with Crippen LogP contribution in [-0.4, -0.2) is 24.2 Å². The van der Waals surface area contributed by atoms with Gasteiger partial charge in [-0.25, -0.2) is 0 Å². The highest BCUT2D eigenvalue weighted by Crippen LogP contribution is 2.16. The maximum absolute atomic E-state index is 11.3. The van der Waals surface area contributed by atoms with Gasteiger partial charge in [0.1, 0.15) is 12.1 Å². The molecule has 1 heterocycles. The molecule has 1 aliphatic rings. The maximum Gasteiger partial charge on any atom is 0.325 e. The van der Waals surface area contributed by atoms with E-state index >= 15 is 0 Å². The molecule has 0 aliphatic carbocycles. The Hall–Kier alpha value is -0.570. The van der Waals surface area contributed by atoms with Gasteiger partial charge in [0.05, 0.1) is 0 Å². The fraction of sp³-hybridized carbons (Fsp3) is 0.900. The van der Waals surface area contributed by atoms with Gasteiger partial charge in [-0.3, -0.25) is 10.1 Å². The maximum atomic E-state index is 11.3. The molecule has 0 aromatic heterocycles. The molecular weight excluding hydrogens is 166 g/mol. The van der Waals surface area contributed by atoms with Crippen molar-refractivity contribution >= 4 is 5.97 Å². The van der Waals surface area contributed by atoms with E-state index in [4.69, 9.17) is 4.74 Å². The van der Waals surface area contributed by atoms with E-state index in [1.54, 1.807) is 0 Å². The average Bonchev–Trinajstić information content (AvgIpc) is 1.95. The lowest BCUT2D eigenvalue weighted by Crippen LogP contribution is -2.58. The van der Waals surface area contributed by atoms with Gasteiger partial charge in [0.2, 0.25) is 0 Å². The molecule has 0 unspecified atom stereocenters. The van der Waals surface area contributed by atoms with Crippen molar-refractivity contribution in [2.45, 2.75) is 45.7 Å². The summed E-state index contributed by atoms with van der Waals surface area (Å²) in [5, 5.41) is 3.30. The van der Waals surface area contributed by atoms with Crippen LogP contribution in [0, 0.1) is 5.92 Å². The van der Waals surface area contributed by atoms with Gasteiger partial charge >= 0.3 is 5.97 Å². The molecule has 0 radical (unpaired) electrons. The molecule has 0 bridgehead atoms. The second kappa shape index (κ2) is 3.66. The number of carbonyl (C=O) groups is 1. The highest BCUT2D eigenvalue weighted by molar-refractivity contribution is 5.80. The molecule has 1 N–H and O–H groups in total. The molecule has 1 aliphatic heterocycles. The van der Waals surface area contributed by atoms with Crippen LogP contribution in [0.25, 0.3) is 0 Å². The SMILES string of the molecule is CC(C)C[C@@H]1COC(=O)C(C)(C)N1. The van der Waals surface area contributed by atoms with Crippen LogP contribution in [0.2, 0.25) is 0 Å². The summed E-state index contributed by atoms with van der Waals surface area (Å²) in [4.78, 5) is 11.3. The van der Waals surface area contributed by atoms with Crippen LogP contribution >= 0.6 is 0 Å². The first-order valence-corrected chi connectivity index (χ1v) is 4.87. The minimum absolute atomic E-state index is 0.146. The van der Waals surface area contributed by atoms with Crippen molar-refractivity contribution in [1.82, 2.24) is 5.32 Å². The summed E-state index contributed by atoms with van der Waals surface area (Å²) in [5.41, 5.74) is -0.516. The zero-order valence-corrected chi connectivity index (χ0v) is 8.89. The second-order valence-corrected chi connectivity index (χ2v) is 4.69. The first kappa shape index (κ1) is 10.5. The van der Waals surface area contributed by atoms with Crippen LogP contribution in [0.15, 0.2) is 0 Å². The van der Waals surface area contributed by atoms with Crippen LogP contribution in [0.4, 0.5) is 0 Å². The van der Waals surface area contributed by atoms with E-state index in [0.29, 0.717) is 18.6 Å². The first-order chi connectivity index (χ1) is 5.92. The predicted molar refractivity (Wildman–Crippen MR) is 51.4 cm³/mol. The first-order valence-electron chi connectivity index (χ1n) is 4.87. The Kier molecular flexibility index (Phi) is 2.96. The summed E-state index contributed by atoms with van der Waals surface area (Å²) in [5.74, 6) is 0.484. The van der Waals surface area contributed by atoms with Gasteiger partial charge in [0.25, 0.3) is 0 Å². The Morgan fingerprint density at radius 3 is 2.69 bits per heavy atom. The Morgan fingerprint density at radius 1 is 1.62 bits per heavy atom. The Bertz CT molecular complexity index is 199. The summed E-state index contributed by atoms with van der Waals surface area (Å²) >= 11 is 0. The molecule has 0 aromatic carbocycles. The lowest BCUT2D eigenvalue weighted by atomic mass is 9.97. The largest absolute Gasteiger partial charge is 0.463 e. The molecule has 0 aromatic rings. The molecule has 3 heteroatoms. The number of esters is 1. The van der Waals surface area contributed by atoms with Gasteiger partial charge in [-0.2, -0.15) is 0 Å². The third-order valence-electron chi connectivity index (χ3n) is 2.25. The zero-order chi connectivity index (χ0) is 10.1. The lowest BCUT2D eigenvalue weighted by Gasteiger charge is -2.35. The molecule has 76 valence electrons. The number of cyclic esters (lactones) is 1. The van der Waals surface area contributed by atoms with Crippen molar-refractivity contribution in [3.63, 3.8) is 0 Å². The number of hydrogen-bond donors (Lipinski definition) is 1. The number of nitrogens with one attached hydrogen (secondary N) is 1. The van der Waals surface area contributed by atoms with Gasteiger partial charge < -0.3 is 4.74 Å². The Morgan fingerprint density at radius 2 is 2.23 bits per heavy atom. The van der Waals surface area contributed by atoms with E-state index in [-0.39, 0.29) is 5.97 Å². The summed E-state index contributed by atoms with van der Waals surface area (Å²) in [6.45, 7) is 8.58. The lowest BCUT2D eigenvalue weighted by molar-refractivity contribution is -0.157. The molecule has 0 saturated carbocycles. The fourth-order valence-electron chi connectivity index (χ4n) is 1.66. The van der Waals surface area contributed by atoms with Crippen molar-refractivity contribution in [2.24, 2.45) is 5.92 Å². The van der Waals surface area contributed by atoms with Gasteiger partial charge in [-0.05, 0) is 26.2 Å². The highest BCUT2D eigenvalue weighted by Gasteiger charge is 2.36. The van der Waals surface area contributed by atoms with Crippen molar-refractivity contribution in [3.8, 4) is 0 Å². The molecule has 1 saturated heterocycles. The van der Waals surface area contributed by atoms with E-state index < -0.39 is 5.54 Å². The van der Waals surface area contributed by atoms with Gasteiger partial charge in [-0.15, -0.1) is 0 Å². The minimum Gasteiger partial charge on any atom is -0.463 e. The van der Waals surface area contributed by atoms with Gasteiger partial charge in [-0.1, -0.05) is 13.8 Å². The van der Waals surface area contributed by atoms with Crippen LogP contribution in [0.5, 0.6) is 0 Å². The van der Waals surface area contributed by atoms with Crippen LogP contribution in [-0.2, 0) is 9.53 Å². The second-order valence-electron chi connectivity index (χ2n) is 4.69. The summed E-state index contributed by atoms with van der Waals surface area (Å²) in [7, 11) is 0. The Balaban J connectivity index is 2.51. The summed E-state index contributed by atoms with van der Waals surface area (Å²) < 4.78 is 5.11. The predicted octanol–water partition coefficient (Wildman–Crippen LogP) is 1.33. The van der Waals surface area contributed by atoms with Crippen molar-refractivity contribution in [3.05, 3.63) is 0 Å². The monoisotopic (exact) mass is 185 g/mol. The van der Waals surface area contributed by atoms with E-state index in [2.05, 4.69) is 19.2 Å². The molecule has 3 nitrogen and oxygen atoms in total. The zero-order valence-electron chi connectivity index (χ0n) is 8.89. The van der Waals surface area contributed by atoms with Crippen molar-refractivity contribution in [2.75, 3.05) is 6.61 Å². The van der Waals surface area contributed by atoms with E-state index in [1.165, 1.54) is 0 Å². The Labute approximate surface area is 79.8 Å². The molecule has 13 heavy (non-hydrogen) atoms. The highest BCUT2D eigenvalue weighted by atomic mass is 16.5. The standard InChI is InChI=1S/C10H19NO2/c1-7(2)5-8-6-13-9(12)10(3,4)11-8/h7-8,11H,5-6H2,1-4H3/t8-/m1/s1. The topological polar surface area (TPSA) is 38.3 Å².